The average molecular weight is 194 g/mol. The summed E-state index contributed by atoms with van der Waals surface area (Å²) in [5.74, 6) is 0. The van der Waals surface area contributed by atoms with E-state index in [2.05, 4.69) is 0 Å². The first-order valence-electron chi connectivity index (χ1n) is 4.44. The van der Waals surface area contributed by atoms with Crippen LogP contribution in [0.1, 0.15) is 5.56 Å². The predicted octanol–water partition coefficient (Wildman–Crippen LogP) is 0.414. The summed E-state index contributed by atoms with van der Waals surface area (Å²) in [5.41, 5.74) is 0.941. The van der Waals surface area contributed by atoms with Crippen molar-refractivity contribution >= 4 is 6.08 Å². The van der Waals surface area contributed by atoms with E-state index in [1.54, 1.807) is 6.08 Å². The molecule has 1 aromatic rings. The average Bonchev–Trinajstić information content (AvgIpc) is 2.26. The predicted molar refractivity (Wildman–Crippen MR) is 54.6 cm³/mol. The molecule has 1 aromatic carbocycles. The molecule has 0 aliphatic carbocycles. The Kier molecular flexibility index (Phi) is 4.32. The first-order chi connectivity index (χ1) is 6.74. The molecule has 0 radical (unpaired) electrons. The SMILES string of the molecule is OC[C@@H](O)[C@@H](O)/C=C/c1ccccc1. The minimum atomic E-state index is -1.12. The third-order valence-electron chi connectivity index (χ3n) is 1.87. The number of benzene rings is 1. The molecule has 0 saturated carbocycles. The summed E-state index contributed by atoms with van der Waals surface area (Å²) in [5, 5.41) is 26.9. The van der Waals surface area contributed by atoms with Gasteiger partial charge in [0.25, 0.3) is 0 Å². The molecule has 0 aromatic heterocycles. The van der Waals surface area contributed by atoms with Gasteiger partial charge in [0, 0.05) is 0 Å². The van der Waals surface area contributed by atoms with E-state index in [9.17, 15) is 5.11 Å². The fraction of sp³-hybridized carbons (Fsp3) is 0.273. The largest absolute Gasteiger partial charge is 0.394 e. The molecule has 0 amide bonds. The van der Waals surface area contributed by atoms with Gasteiger partial charge < -0.3 is 15.3 Å². The zero-order chi connectivity index (χ0) is 10.4. The van der Waals surface area contributed by atoms with E-state index in [1.165, 1.54) is 6.08 Å². The zero-order valence-electron chi connectivity index (χ0n) is 7.74. The van der Waals surface area contributed by atoms with Crippen LogP contribution >= 0.6 is 0 Å². The highest BCUT2D eigenvalue weighted by atomic mass is 16.4. The lowest BCUT2D eigenvalue weighted by Crippen LogP contribution is -2.27. The second-order valence-electron chi connectivity index (χ2n) is 3.01. The molecule has 2 atom stereocenters. The van der Waals surface area contributed by atoms with Crippen molar-refractivity contribution < 1.29 is 15.3 Å². The molecule has 3 heteroatoms. The second kappa shape index (κ2) is 5.54. The minimum Gasteiger partial charge on any atom is -0.394 e. The summed E-state index contributed by atoms with van der Waals surface area (Å²) >= 11 is 0. The van der Waals surface area contributed by atoms with Crippen LogP contribution in [0.5, 0.6) is 0 Å². The van der Waals surface area contributed by atoms with E-state index in [0.717, 1.165) is 5.56 Å². The van der Waals surface area contributed by atoms with Gasteiger partial charge in [-0.2, -0.15) is 0 Å². The van der Waals surface area contributed by atoms with E-state index in [4.69, 9.17) is 10.2 Å². The first-order valence-corrected chi connectivity index (χ1v) is 4.44. The molecule has 3 N–H and O–H groups in total. The van der Waals surface area contributed by atoms with Gasteiger partial charge in [0.05, 0.1) is 6.61 Å². The first kappa shape index (κ1) is 10.9. The molecule has 0 spiro atoms. The molecule has 76 valence electrons. The number of aliphatic hydroxyl groups excluding tert-OH is 3. The van der Waals surface area contributed by atoms with Crippen molar-refractivity contribution in [3.8, 4) is 0 Å². The Labute approximate surface area is 82.9 Å². The number of rotatable bonds is 4. The summed E-state index contributed by atoms with van der Waals surface area (Å²) in [4.78, 5) is 0. The number of hydrogen-bond acceptors (Lipinski definition) is 3. The molecule has 0 saturated heterocycles. The molecule has 3 nitrogen and oxygen atoms in total. The third kappa shape index (κ3) is 3.30. The molecule has 1 rings (SSSR count). The third-order valence-corrected chi connectivity index (χ3v) is 1.87. The van der Waals surface area contributed by atoms with Crippen LogP contribution < -0.4 is 0 Å². The normalized spacial score (nSPS) is 15.6. The maximum Gasteiger partial charge on any atom is 0.106 e. The minimum absolute atomic E-state index is 0.444. The van der Waals surface area contributed by atoms with Crippen LogP contribution in [0.3, 0.4) is 0 Å². The summed E-state index contributed by atoms with van der Waals surface area (Å²) in [6.45, 7) is -0.444. The van der Waals surface area contributed by atoms with Crippen molar-refractivity contribution in [2.24, 2.45) is 0 Å². The summed E-state index contributed by atoms with van der Waals surface area (Å²) in [7, 11) is 0. The van der Waals surface area contributed by atoms with Gasteiger partial charge in [0.2, 0.25) is 0 Å². The number of hydrogen-bond donors (Lipinski definition) is 3. The molecular weight excluding hydrogens is 180 g/mol. The van der Waals surface area contributed by atoms with Gasteiger partial charge in [0.15, 0.2) is 0 Å². The molecule has 0 heterocycles. The summed E-state index contributed by atoms with van der Waals surface area (Å²) in [6, 6.07) is 9.43. The van der Waals surface area contributed by atoms with Crippen LogP contribution in [-0.2, 0) is 0 Å². The van der Waals surface area contributed by atoms with Crippen LogP contribution in [0.2, 0.25) is 0 Å². The fourth-order valence-electron chi connectivity index (χ4n) is 1.01. The van der Waals surface area contributed by atoms with E-state index in [1.807, 2.05) is 30.3 Å². The summed E-state index contributed by atoms with van der Waals surface area (Å²) < 4.78 is 0. The van der Waals surface area contributed by atoms with E-state index in [0.29, 0.717) is 0 Å². The maximum absolute atomic E-state index is 9.28. The molecule has 0 fully saturated rings. The Morgan fingerprint density at radius 2 is 1.79 bits per heavy atom. The summed E-state index contributed by atoms with van der Waals surface area (Å²) in [6.07, 6.45) is 1.01. The Morgan fingerprint density at radius 1 is 1.14 bits per heavy atom. The lowest BCUT2D eigenvalue weighted by molar-refractivity contribution is 0.00983. The van der Waals surface area contributed by atoms with Gasteiger partial charge in [-0.25, -0.2) is 0 Å². The fourth-order valence-corrected chi connectivity index (χ4v) is 1.01. The van der Waals surface area contributed by atoms with Gasteiger partial charge in [-0.1, -0.05) is 42.5 Å². The highest BCUT2D eigenvalue weighted by molar-refractivity contribution is 5.49. The van der Waals surface area contributed by atoms with Crippen molar-refractivity contribution in [1.29, 1.82) is 0 Å². The lowest BCUT2D eigenvalue weighted by atomic mass is 10.1. The van der Waals surface area contributed by atoms with Crippen molar-refractivity contribution in [3.05, 3.63) is 42.0 Å². The van der Waals surface area contributed by atoms with Crippen LogP contribution in [-0.4, -0.2) is 34.1 Å². The smallest absolute Gasteiger partial charge is 0.106 e. The van der Waals surface area contributed by atoms with E-state index < -0.39 is 18.8 Å². The Morgan fingerprint density at radius 3 is 2.36 bits per heavy atom. The number of aliphatic hydroxyl groups is 3. The zero-order valence-corrected chi connectivity index (χ0v) is 7.74. The van der Waals surface area contributed by atoms with E-state index >= 15 is 0 Å². The maximum atomic E-state index is 9.28. The van der Waals surface area contributed by atoms with E-state index in [-0.39, 0.29) is 0 Å². The Bertz CT molecular complexity index is 282. The van der Waals surface area contributed by atoms with Crippen molar-refractivity contribution in [2.75, 3.05) is 6.61 Å². The lowest BCUT2D eigenvalue weighted by Gasteiger charge is -2.10. The second-order valence-corrected chi connectivity index (χ2v) is 3.01. The van der Waals surface area contributed by atoms with Crippen LogP contribution in [0.4, 0.5) is 0 Å². The molecule has 0 aliphatic heterocycles. The molecular formula is C11H14O3. The van der Waals surface area contributed by atoms with Crippen LogP contribution in [0.15, 0.2) is 36.4 Å². The van der Waals surface area contributed by atoms with Crippen LogP contribution in [0.25, 0.3) is 6.08 Å². The van der Waals surface area contributed by atoms with Gasteiger partial charge >= 0.3 is 0 Å². The van der Waals surface area contributed by atoms with Gasteiger partial charge in [0.1, 0.15) is 12.2 Å². The van der Waals surface area contributed by atoms with Gasteiger partial charge in [-0.15, -0.1) is 0 Å². The standard InChI is InChI=1S/C11H14O3/c12-8-11(14)10(13)7-6-9-4-2-1-3-5-9/h1-7,10-14H,8H2/b7-6+/t10-,11+/m0/s1. The highest BCUT2D eigenvalue weighted by Crippen LogP contribution is 2.03. The topological polar surface area (TPSA) is 60.7 Å². The van der Waals surface area contributed by atoms with Crippen LogP contribution in [0, 0.1) is 0 Å². The molecule has 0 unspecified atom stereocenters. The molecule has 0 bridgehead atoms. The molecule has 14 heavy (non-hydrogen) atoms. The Hall–Kier alpha value is -1.16. The van der Waals surface area contributed by atoms with Gasteiger partial charge in [-0.05, 0) is 5.56 Å². The Balaban J connectivity index is 2.56. The highest BCUT2D eigenvalue weighted by Gasteiger charge is 2.10. The van der Waals surface area contributed by atoms with Crippen molar-refractivity contribution in [3.63, 3.8) is 0 Å². The van der Waals surface area contributed by atoms with Gasteiger partial charge in [-0.3, -0.25) is 0 Å². The van der Waals surface area contributed by atoms with Crippen molar-refractivity contribution in [1.82, 2.24) is 0 Å². The quantitative estimate of drug-likeness (QED) is 0.650. The molecule has 0 aliphatic rings. The van der Waals surface area contributed by atoms with Crippen molar-refractivity contribution in [2.45, 2.75) is 12.2 Å². The monoisotopic (exact) mass is 194 g/mol.